The highest BCUT2D eigenvalue weighted by Crippen LogP contribution is 2.13. The molecule has 0 fully saturated rings. The van der Waals surface area contributed by atoms with E-state index in [1.54, 1.807) is 13.0 Å². The van der Waals surface area contributed by atoms with Crippen molar-refractivity contribution in [1.82, 2.24) is 0 Å². The Hall–Kier alpha value is -1.12. The molecule has 0 aromatic rings. The third-order valence-corrected chi connectivity index (χ3v) is 4.32. The highest BCUT2D eigenvalue weighted by Gasteiger charge is 2.01. The van der Waals surface area contributed by atoms with Gasteiger partial charge in [-0.15, -0.1) is 0 Å². The Morgan fingerprint density at radius 3 is 1.71 bits per heavy atom. The Labute approximate surface area is 149 Å². The fourth-order valence-corrected chi connectivity index (χ4v) is 2.67. The summed E-state index contributed by atoms with van der Waals surface area (Å²) in [7, 11) is 0. The molecule has 0 rings (SSSR count). The van der Waals surface area contributed by atoms with E-state index in [9.17, 15) is 9.59 Å². The molecule has 0 aliphatic carbocycles. The van der Waals surface area contributed by atoms with E-state index in [-0.39, 0.29) is 12.6 Å². The minimum atomic E-state index is -0.159. The Bertz CT molecular complexity index is 334. The molecule has 0 aliphatic heterocycles. The van der Waals surface area contributed by atoms with Gasteiger partial charge in [-0.25, -0.2) is 0 Å². The molecule has 0 amide bonds. The van der Waals surface area contributed by atoms with Crippen molar-refractivity contribution >= 4 is 12.3 Å². The summed E-state index contributed by atoms with van der Waals surface area (Å²) >= 11 is 0. The number of hydrogen-bond acceptors (Lipinski definition) is 3. The van der Waals surface area contributed by atoms with Crippen molar-refractivity contribution < 1.29 is 14.3 Å². The Balaban J connectivity index is 3.22. The summed E-state index contributed by atoms with van der Waals surface area (Å²) in [4.78, 5) is 21.9. The van der Waals surface area contributed by atoms with Crippen molar-refractivity contribution in [2.24, 2.45) is 0 Å². The van der Waals surface area contributed by atoms with E-state index in [1.807, 2.05) is 0 Å². The molecule has 0 aromatic heterocycles. The lowest BCUT2D eigenvalue weighted by atomic mass is 10.0. The fourth-order valence-electron chi connectivity index (χ4n) is 2.67. The van der Waals surface area contributed by atoms with Gasteiger partial charge in [0.15, 0.2) is 0 Å². The zero-order valence-corrected chi connectivity index (χ0v) is 16.0. The number of carbonyl (C=O) groups is 2. The predicted octanol–water partition coefficient (Wildman–Crippen LogP) is 6.16. The maximum Gasteiger partial charge on any atom is 0.306 e. The molecular formula is C21H38O3. The van der Waals surface area contributed by atoms with Crippen LogP contribution in [0.4, 0.5) is 0 Å². The quantitative estimate of drug-likeness (QED) is 0.138. The maximum absolute atomic E-state index is 11.5. The van der Waals surface area contributed by atoms with Gasteiger partial charge in [0.25, 0.3) is 0 Å². The van der Waals surface area contributed by atoms with Crippen LogP contribution in [0.2, 0.25) is 0 Å². The molecule has 0 spiro atoms. The summed E-state index contributed by atoms with van der Waals surface area (Å²) in [6.45, 7) is 4.17. The SMILES string of the molecule is CCCCCCCCCCCCCCCC(=O)OCC=C(C)C=O. The third kappa shape index (κ3) is 17.2. The van der Waals surface area contributed by atoms with Gasteiger partial charge in [0.05, 0.1) is 0 Å². The molecule has 0 saturated heterocycles. The zero-order valence-electron chi connectivity index (χ0n) is 16.0. The third-order valence-electron chi connectivity index (χ3n) is 4.32. The van der Waals surface area contributed by atoms with Crippen LogP contribution in [0.15, 0.2) is 11.6 Å². The van der Waals surface area contributed by atoms with E-state index in [1.165, 1.54) is 70.6 Å². The summed E-state index contributed by atoms with van der Waals surface area (Å²) < 4.78 is 5.05. The molecule has 0 N–H and O–H groups in total. The molecule has 3 nitrogen and oxygen atoms in total. The molecule has 0 aliphatic rings. The average Bonchev–Trinajstić information content (AvgIpc) is 2.58. The van der Waals surface area contributed by atoms with Crippen LogP contribution in [-0.4, -0.2) is 18.9 Å². The van der Waals surface area contributed by atoms with E-state index in [2.05, 4.69) is 6.92 Å². The van der Waals surface area contributed by atoms with Crippen LogP contribution in [0.1, 0.15) is 104 Å². The van der Waals surface area contributed by atoms with Crippen molar-refractivity contribution in [2.45, 2.75) is 104 Å². The number of rotatable bonds is 17. The first-order chi connectivity index (χ1) is 11.7. The van der Waals surface area contributed by atoms with Crippen LogP contribution in [0.25, 0.3) is 0 Å². The minimum Gasteiger partial charge on any atom is -0.461 e. The van der Waals surface area contributed by atoms with E-state index >= 15 is 0 Å². The van der Waals surface area contributed by atoms with Gasteiger partial charge < -0.3 is 4.74 Å². The molecule has 0 heterocycles. The van der Waals surface area contributed by atoms with Crippen LogP contribution in [0.5, 0.6) is 0 Å². The lowest BCUT2D eigenvalue weighted by molar-refractivity contribution is -0.142. The van der Waals surface area contributed by atoms with Gasteiger partial charge in [-0.1, -0.05) is 84.0 Å². The van der Waals surface area contributed by atoms with E-state index in [0.717, 1.165) is 19.1 Å². The zero-order chi connectivity index (χ0) is 17.9. The van der Waals surface area contributed by atoms with Crippen molar-refractivity contribution in [3.05, 3.63) is 11.6 Å². The van der Waals surface area contributed by atoms with Crippen molar-refractivity contribution in [2.75, 3.05) is 6.61 Å². The largest absolute Gasteiger partial charge is 0.461 e. The number of carbonyl (C=O) groups excluding carboxylic acids is 2. The number of allylic oxidation sites excluding steroid dienone is 1. The molecule has 0 bridgehead atoms. The van der Waals surface area contributed by atoms with Gasteiger partial charge in [-0.05, 0) is 25.0 Å². The molecule has 140 valence electrons. The Morgan fingerprint density at radius 1 is 0.792 bits per heavy atom. The molecule has 24 heavy (non-hydrogen) atoms. The molecule has 3 heteroatoms. The standard InChI is InChI=1S/C21H38O3/c1-3-4-5-6-7-8-9-10-11-12-13-14-15-16-21(23)24-18-17-20(2)19-22/h17,19H,3-16,18H2,1-2H3. The monoisotopic (exact) mass is 338 g/mol. The van der Waals surface area contributed by atoms with E-state index in [4.69, 9.17) is 4.74 Å². The topological polar surface area (TPSA) is 43.4 Å². The number of ether oxygens (including phenoxy) is 1. The number of aldehydes is 1. The van der Waals surface area contributed by atoms with Crippen LogP contribution < -0.4 is 0 Å². The van der Waals surface area contributed by atoms with Crippen molar-refractivity contribution in [1.29, 1.82) is 0 Å². The Morgan fingerprint density at radius 2 is 1.25 bits per heavy atom. The highest BCUT2D eigenvalue weighted by molar-refractivity contribution is 5.72. The first kappa shape index (κ1) is 22.9. The second-order valence-corrected chi connectivity index (χ2v) is 6.74. The smallest absolute Gasteiger partial charge is 0.306 e. The molecular weight excluding hydrogens is 300 g/mol. The van der Waals surface area contributed by atoms with Gasteiger partial charge >= 0.3 is 5.97 Å². The second kappa shape index (κ2) is 18.2. The normalized spacial score (nSPS) is 11.5. The minimum absolute atomic E-state index is 0.159. The van der Waals surface area contributed by atoms with E-state index in [0.29, 0.717) is 12.0 Å². The van der Waals surface area contributed by atoms with Gasteiger partial charge in [0.1, 0.15) is 12.9 Å². The van der Waals surface area contributed by atoms with Crippen LogP contribution in [0.3, 0.4) is 0 Å². The number of hydrogen-bond donors (Lipinski definition) is 0. The lowest BCUT2D eigenvalue weighted by Gasteiger charge is -2.04. The van der Waals surface area contributed by atoms with Gasteiger partial charge in [-0.2, -0.15) is 0 Å². The molecule has 0 radical (unpaired) electrons. The average molecular weight is 339 g/mol. The molecule has 0 atom stereocenters. The summed E-state index contributed by atoms with van der Waals surface area (Å²) in [5.41, 5.74) is 0.601. The van der Waals surface area contributed by atoms with Crippen molar-refractivity contribution in [3.8, 4) is 0 Å². The van der Waals surface area contributed by atoms with E-state index < -0.39 is 0 Å². The highest BCUT2D eigenvalue weighted by atomic mass is 16.5. The van der Waals surface area contributed by atoms with Crippen LogP contribution in [0, 0.1) is 0 Å². The van der Waals surface area contributed by atoms with Gasteiger partial charge in [-0.3, -0.25) is 9.59 Å². The van der Waals surface area contributed by atoms with Crippen LogP contribution in [-0.2, 0) is 14.3 Å². The van der Waals surface area contributed by atoms with Crippen LogP contribution >= 0.6 is 0 Å². The Kier molecular flexibility index (Phi) is 17.4. The number of esters is 1. The fraction of sp³-hybridized carbons (Fsp3) is 0.810. The second-order valence-electron chi connectivity index (χ2n) is 6.74. The molecule has 0 aromatic carbocycles. The predicted molar refractivity (Wildman–Crippen MR) is 101 cm³/mol. The lowest BCUT2D eigenvalue weighted by Crippen LogP contribution is -2.04. The summed E-state index contributed by atoms with van der Waals surface area (Å²) in [5.74, 6) is -0.159. The van der Waals surface area contributed by atoms with Crippen molar-refractivity contribution in [3.63, 3.8) is 0 Å². The summed E-state index contributed by atoms with van der Waals surface area (Å²) in [6.07, 6.45) is 19.8. The molecule has 0 saturated carbocycles. The summed E-state index contributed by atoms with van der Waals surface area (Å²) in [6, 6.07) is 0. The maximum atomic E-state index is 11.5. The first-order valence-electron chi connectivity index (χ1n) is 9.98. The van der Waals surface area contributed by atoms with Gasteiger partial charge in [0, 0.05) is 6.42 Å². The van der Waals surface area contributed by atoms with Gasteiger partial charge in [0.2, 0.25) is 0 Å². The number of unbranched alkanes of at least 4 members (excludes halogenated alkanes) is 12. The molecule has 0 unspecified atom stereocenters. The summed E-state index contributed by atoms with van der Waals surface area (Å²) in [5, 5.41) is 0. The first-order valence-corrected chi connectivity index (χ1v) is 9.98.